The molecule has 0 aliphatic heterocycles. The molecule has 2 aromatic heterocycles. The minimum Gasteiger partial charge on any atom is -0.352 e. The summed E-state index contributed by atoms with van der Waals surface area (Å²) < 4.78 is 2.14. The highest BCUT2D eigenvalue weighted by atomic mass is 79.9. The van der Waals surface area contributed by atoms with Crippen molar-refractivity contribution in [3.8, 4) is 0 Å². The molecule has 0 spiro atoms. The molecule has 0 radical (unpaired) electrons. The van der Waals surface area contributed by atoms with Gasteiger partial charge in [-0.25, -0.2) is 4.98 Å². The number of carbonyl (C=O) groups is 1. The van der Waals surface area contributed by atoms with E-state index in [4.69, 9.17) is 0 Å². The van der Waals surface area contributed by atoms with E-state index in [-0.39, 0.29) is 5.91 Å². The van der Waals surface area contributed by atoms with Gasteiger partial charge in [-0.3, -0.25) is 4.79 Å². The van der Waals surface area contributed by atoms with Gasteiger partial charge in [-0.05, 0) is 12.1 Å². The van der Waals surface area contributed by atoms with Crippen molar-refractivity contribution in [1.29, 1.82) is 0 Å². The number of halogens is 1. The Morgan fingerprint density at radius 1 is 1.45 bits per heavy atom. The monoisotopic (exact) mass is 349 g/mol. The van der Waals surface area contributed by atoms with E-state index in [1.165, 1.54) is 0 Å². The lowest BCUT2D eigenvalue weighted by molar-refractivity contribution is 0.0956. The third-order valence-electron chi connectivity index (χ3n) is 3.02. The number of imidazole rings is 1. The van der Waals surface area contributed by atoms with Crippen LogP contribution in [0.3, 0.4) is 0 Å². The summed E-state index contributed by atoms with van der Waals surface area (Å²) in [6.07, 6.45) is 4.16. The molecule has 1 aromatic carbocycles. The molecule has 0 saturated heterocycles. The van der Waals surface area contributed by atoms with Gasteiger partial charge in [-0.2, -0.15) is 0 Å². The van der Waals surface area contributed by atoms with Crippen LogP contribution in [0.5, 0.6) is 0 Å². The number of hydrogen-bond acceptors (Lipinski definition) is 3. The molecule has 102 valence electrons. The molecule has 2 N–H and O–H groups in total. The number of amides is 1. The fourth-order valence-electron chi connectivity index (χ4n) is 2.01. The number of nitrogens with zero attached hydrogens (tertiary/aromatic N) is 1. The van der Waals surface area contributed by atoms with Crippen molar-refractivity contribution < 1.29 is 4.79 Å². The lowest BCUT2D eigenvalue weighted by Gasteiger charge is -2.03. The Balaban J connectivity index is 1.69. The second-order valence-electron chi connectivity index (χ2n) is 4.37. The molecule has 3 aromatic rings. The van der Waals surface area contributed by atoms with Gasteiger partial charge in [0.1, 0.15) is 0 Å². The van der Waals surface area contributed by atoms with Crippen molar-refractivity contribution >= 4 is 43.3 Å². The average Bonchev–Trinajstić information content (AvgIpc) is 3.07. The fourth-order valence-corrected chi connectivity index (χ4v) is 3.50. The van der Waals surface area contributed by atoms with Gasteiger partial charge < -0.3 is 10.3 Å². The van der Waals surface area contributed by atoms with Crippen molar-refractivity contribution in [3.63, 3.8) is 0 Å². The van der Waals surface area contributed by atoms with E-state index >= 15 is 0 Å². The molecular formula is C14H12BrN3OS. The van der Waals surface area contributed by atoms with Gasteiger partial charge in [-0.1, -0.05) is 22.0 Å². The highest BCUT2D eigenvalue weighted by Gasteiger charge is 2.11. The van der Waals surface area contributed by atoms with E-state index in [0.29, 0.717) is 6.54 Å². The Labute approximate surface area is 128 Å². The Kier molecular flexibility index (Phi) is 3.84. The van der Waals surface area contributed by atoms with Crippen LogP contribution < -0.4 is 5.32 Å². The van der Waals surface area contributed by atoms with Gasteiger partial charge in [0.15, 0.2) is 0 Å². The third kappa shape index (κ3) is 2.76. The normalized spacial score (nSPS) is 10.8. The zero-order chi connectivity index (χ0) is 13.9. The summed E-state index contributed by atoms with van der Waals surface area (Å²) in [7, 11) is 0. The Morgan fingerprint density at radius 3 is 3.15 bits per heavy atom. The van der Waals surface area contributed by atoms with Crippen LogP contribution in [0.15, 0.2) is 40.6 Å². The van der Waals surface area contributed by atoms with Gasteiger partial charge in [-0.15, -0.1) is 11.3 Å². The highest BCUT2D eigenvalue weighted by molar-refractivity contribution is 9.10. The molecule has 0 saturated carbocycles. The first-order valence-corrected chi connectivity index (χ1v) is 7.83. The molecule has 2 heterocycles. The van der Waals surface area contributed by atoms with Crippen molar-refractivity contribution in [2.24, 2.45) is 0 Å². The Hall–Kier alpha value is -1.66. The van der Waals surface area contributed by atoms with E-state index in [2.05, 4.69) is 31.2 Å². The predicted molar refractivity (Wildman–Crippen MR) is 84.1 cm³/mol. The number of benzene rings is 1. The van der Waals surface area contributed by atoms with E-state index < -0.39 is 0 Å². The summed E-state index contributed by atoms with van der Waals surface area (Å²) in [5.74, 6) is -0.0295. The molecule has 0 aliphatic carbocycles. The topological polar surface area (TPSA) is 57.8 Å². The van der Waals surface area contributed by atoms with Crippen LogP contribution in [-0.2, 0) is 6.42 Å². The lowest BCUT2D eigenvalue weighted by Crippen LogP contribution is -2.25. The van der Waals surface area contributed by atoms with Crippen molar-refractivity contribution in [1.82, 2.24) is 15.3 Å². The summed E-state index contributed by atoms with van der Waals surface area (Å²) in [5, 5.41) is 5.84. The Morgan fingerprint density at radius 2 is 2.35 bits per heavy atom. The number of fused-ring (bicyclic) bond motifs is 1. The maximum Gasteiger partial charge on any atom is 0.252 e. The van der Waals surface area contributed by atoms with E-state index in [0.717, 1.165) is 32.2 Å². The number of hydrogen-bond donors (Lipinski definition) is 2. The molecule has 1 amide bonds. The number of aromatic nitrogens is 2. The first kappa shape index (κ1) is 13.3. The minimum absolute atomic E-state index is 0.0295. The number of aromatic amines is 1. The second kappa shape index (κ2) is 5.76. The van der Waals surface area contributed by atoms with Gasteiger partial charge in [0.2, 0.25) is 0 Å². The van der Waals surface area contributed by atoms with Gasteiger partial charge in [0.05, 0.1) is 11.9 Å². The average molecular weight is 350 g/mol. The van der Waals surface area contributed by atoms with Crippen LogP contribution in [0.25, 0.3) is 10.1 Å². The van der Waals surface area contributed by atoms with Crippen LogP contribution in [0.2, 0.25) is 0 Å². The number of rotatable bonds is 4. The molecule has 0 fully saturated rings. The molecule has 3 rings (SSSR count). The fraction of sp³-hybridized carbons (Fsp3) is 0.143. The SMILES string of the molecule is O=C(NCCc1cnc[nH]1)c1csc2cc(Br)ccc12. The molecule has 20 heavy (non-hydrogen) atoms. The molecule has 0 unspecified atom stereocenters. The summed E-state index contributed by atoms with van der Waals surface area (Å²) in [5.41, 5.74) is 1.76. The molecule has 0 bridgehead atoms. The molecule has 6 heteroatoms. The smallest absolute Gasteiger partial charge is 0.252 e. The highest BCUT2D eigenvalue weighted by Crippen LogP contribution is 2.28. The number of H-pyrrole nitrogens is 1. The van der Waals surface area contributed by atoms with Crippen LogP contribution in [0.4, 0.5) is 0 Å². The van der Waals surface area contributed by atoms with E-state index in [1.807, 2.05) is 23.6 Å². The van der Waals surface area contributed by atoms with E-state index in [1.54, 1.807) is 23.9 Å². The quantitative estimate of drug-likeness (QED) is 0.758. The third-order valence-corrected chi connectivity index (χ3v) is 4.46. The van der Waals surface area contributed by atoms with Gasteiger partial charge in [0, 0.05) is 44.8 Å². The lowest BCUT2D eigenvalue weighted by atomic mass is 10.1. The summed E-state index contributed by atoms with van der Waals surface area (Å²) >= 11 is 5.02. The predicted octanol–water partition coefficient (Wildman–Crippen LogP) is 3.36. The van der Waals surface area contributed by atoms with Crippen molar-refractivity contribution in [2.75, 3.05) is 6.54 Å². The maximum atomic E-state index is 12.2. The largest absolute Gasteiger partial charge is 0.352 e. The molecular weight excluding hydrogens is 338 g/mol. The van der Waals surface area contributed by atoms with Gasteiger partial charge in [0.25, 0.3) is 5.91 Å². The molecule has 4 nitrogen and oxygen atoms in total. The first-order valence-electron chi connectivity index (χ1n) is 6.16. The maximum absolute atomic E-state index is 12.2. The standard InChI is InChI=1S/C14H12BrN3OS/c15-9-1-2-11-12(7-20-13(11)5-9)14(19)17-4-3-10-6-16-8-18-10/h1-2,5-8H,3-4H2,(H,16,18)(H,17,19). The molecule has 0 aliphatic rings. The van der Waals surface area contributed by atoms with Crippen LogP contribution in [0, 0.1) is 0 Å². The van der Waals surface area contributed by atoms with Crippen molar-refractivity contribution in [3.05, 3.63) is 51.8 Å². The van der Waals surface area contributed by atoms with Gasteiger partial charge >= 0.3 is 0 Å². The minimum atomic E-state index is -0.0295. The zero-order valence-corrected chi connectivity index (χ0v) is 12.9. The summed E-state index contributed by atoms with van der Waals surface area (Å²) in [6.45, 7) is 0.592. The van der Waals surface area contributed by atoms with Crippen LogP contribution in [0.1, 0.15) is 16.1 Å². The summed E-state index contributed by atoms with van der Waals surface area (Å²) in [4.78, 5) is 19.2. The second-order valence-corrected chi connectivity index (χ2v) is 6.20. The number of thiophene rings is 1. The van der Waals surface area contributed by atoms with Crippen LogP contribution >= 0.6 is 27.3 Å². The zero-order valence-electron chi connectivity index (χ0n) is 10.5. The summed E-state index contributed by atoms with van der Waals surface area (Å²) in [6, 6.07) is 5.96. The first-order chi connectivity index (χ1) is 9.74. The van der Waals surface area contributed by atoms with E-state index in [9.17, 15) is 4.79 Å². The van der Waals surface area contributed by atoms with Crippen LogP contribution in [-0.4, -0.2) is 22.4 Å². The number of nitrogens with one attached hydrogen (secondary N) is 2. The van der Waals surface area contributed by atoms with Crippen molar-refractivity contribution in [2.45, 2.75) is 6.42 Å². The number of carbonyl (C=O) groups excluding carboxylic acids is 1. The Bertz CT molecular complexity index is 736. The molecule has 0 atom stereocenters.